The SMILES string of the molecule is CC(C)(C)c1cc(C=Nc2cc(N=Cc3cc(C(C)(C)C)cc(C(C)(C)C)c3[O-])c(N=Cc3cc(C(C)(C)C)cc(C(C)(C)C)c3[O-])cc2N=Cc2cc(C(C)(C)C)cc(C(C)(C)C)c2[O-])c([O-])c(C(C)(C)C)c1.[Zn+2].[Zn+2]. The van der Waals surface area contributed by atoms with Crippen LogP contribution in [0.15, 0.2) is 80.6 Å². The maximum Gasteiger partial charge on any atom is 2.00 e. The minimum absolute atomic E-state index is 0. The first-order valence-electron chi connectivity index (χ1n) is 26.2. The van der Waals surface area contributed by atoms with E-state index in [4.69, 9.17) is 20.0 Å². The van der Waals surface area contributed by atoms with Crippen molar-refractivity contribution in [3.05, 3.63) is 127 Å². The average molecular weight is 1130 g/mol. The van der Waals surface area contributed by atoms with Crippen LogP contribution in [0.5, 0.6) is 23.0 Å². The third-order valence-electron chi connectivity index (χ3n) is 13.6. The number of aliphatic imine (C=N–C) groups is 4. The quantitative estimate of drug-likeness (QED) is 0.113. The van der Waals surface area contributed by atoms with Crippen molar-refractivity contribution in [1.82, 2.24) is 0 Å². The maximum absolute atomic E-state index is 14.3. The predicted molar refractivity (Wildman–Crippen MR) is 309 cm³/mol. The van der Waals surface area contributed by atoms with Gasteiger partial charge in [0.2, 0.25) is 0 Å². The van der Waals surface area contributed by atoms with Crippen molar-refractivity contribution >= 4 is 47.6 Å². The van der Waals surface area contributed by atoms with Crippen LogP contribution in [0.2, 0.25) is 0 Å². The molecule has 8 nitrogen and oxygen atoms in total. The zero-order valence-electron chi connectivity index (χ0n) is 50.9. The van der Waals surface area contributed by atoms with Crippen LogP contribution in [0, 0.1) is 0 Å². The molecule has 0 aliphatic heterocycles. The summed E-state index contributed by atoms with van der Waals surface area (Å²) in [5.41, 5.74) is 6.92. The molecule has 76 heavy (non-hydrogen) atoms. The van der Waals surface area contributed by atoms with E-state index in [1.807, 2.05) is 132 Å². The summed E-state index contributed by atoms with van der Waals surface area (Å²) in [6.45, 7) is 49.8. The van der Waals surface area contributed by atoms with Gasteiger partial charge in [-0.2, -0.15) is 0 Å². The number of benzene rings is 5. The van der Waals surface area contributed by atoms with Gasteiger partial charge in [0.25, 0.3) is 0 Å². The van der Waals surface area contributed by atoms with Crippen LogP contribution < -0.4 is 20.4 Å². The molecule has 0 fully saturated rings. The number of hydrogen-bond donors (Lipinski definition) is 0. The minimum atomic E-state index is -0.441. The van der Waals surface area contributed by atoms with E-state index < -0.39 is 21.7 Å². The molecule has 0 aliphatic rings. The molecule has 0 saturated heterocycles. The van der Waals surface area contributed by atoms with Crippen molar-refractivity contribution in [3.8, 4) is 23.0 Å². The summed E-state index contributed by atoms with van der Waals surface area (Å²) in [5.74, 6) is -0.499. The standard InChI is InChI=1S/C66H90N4O4.2Zn/c1-59(2,3)43-25-39(55(71)47(29-43)63(13,14)15)35-67-51-33-53(69-37-41-27-45(61(7,8)9)31-49(57(41)73)65(19,20)21)54(70-38-42-28-46(62(10,11)12)32-50(58(42)74)66(22,23)24)34-52(51)68-36-40-26-44(60(4,5)6)30-48(56(40)72)64(16,17)18;;/h25-38,71-74H,1-24H3;;/q;2*+2/p-4. The van der Waals surface area contributed by atoms with Crippen LogP contribution in [0.1, 0.15) is 233 Å². The second kappa shape index (κ2) is 22.9. The van der Waals surface area contributed by atoms with Gasteiger partial charge in [0.1, 0.15) is 0 Å². The summed E-state index contributed by atoms with van der Waals surface area (Å²) in [6.07, 6.45) is 6.34. The summed E-state index contributed by atoms with van der Waals surface area (Å²) in [5, 5.41) is 57.4. The van der Waals surface area contributed by atoms with Gasteiger partial charge in [0, 0.05) is 24.9 Å². The Hall–Kier alpha value is -4.77. The Morgan fingerprint density at radius 2 is 0.408 bits per heavy atom. The van der Waals surface area contributed by atoms with Crippen molar-refractivity contribution in [2.45, 2.75) is 209 Å². The molecule has 398 valence electrons. The summed E-state index contributed by atoms with van der Waals surface area (Å²) in [4.78, 5) is 20.2. The van der Waals surface area contributed by atoms with Crippen LogP contribution in [0.3, 0.4) is 0 Å². The third kappa shape index (κ3) is 15.7. The first-order valence-corrected chi connectivity index (χ1v) is 26.2. The molecule has 5 aromatic carbocycles. The Kier molecular flexibility index (Phi) is 19.7. The van der Waals surface area contributed by atoms with E-state index in [0.29, 0.717) is 67.3 Å². The molecule has 10 heteroatoms. The van der Waals surface area contributed by atoms with Crippen LogP contribution in [-0.4, -0.2) is 24.9 Å². The fraction of sp³-hybridized carbons (Fsp3) is 0.485. The molecule has 5 aromatic rings. The molecule has 0 unspecified atom stereocenters. The number of nitrogens with zero attached hydrogens (tertiary/aromatic N) is 4. The number of hydrogen-bond acceptors (Lipinski definition) is 8. The van der Waals surface area contributed by atoms with E-state index in [9.17, 15) is 20.4 Å². The molecule has 0 aromatic heterocycles. The molecule has 0 amide bonds. The van der Waals surface area contributed by atoms with Crippen LogP contribution in [0.25, 0.3) is 0 Å². The van der Waals surface area contributed by atoms with Crippen molar-refractivity contribution in [2.24, 2.45) is 20.0 Å². The van der Waals surface area contributed by atoms with Gasteiger partial charge in [-0.15, -0.1) is 0 Å². The third-order valence-corrected chi connectivity index (χ3v) is 13.6. The maximum atomic E-state index is 14.3. The molecule has 0 spiro atoms. The van der Waals surface area contributed by atoms with Crippen molar-refractivity contribution in [1.29, 1.82) is 0 Å². The Bertz CT molecular complexity index is 2640. The summed E-state index contributed by atoms with van der Waals surface area (Å²) in [7, 11) is 0. The van der Waals surface area contributed by atoms with Crippen molar-refractivity contribution < 1.29 is 59.4 Å². The topological polar surface area (TPSA) is 142 Å². The fourth-order valence-corrected chi connectivity index (χ4v) is 8.47. The van der Waals surface area contributed by atoms with Gasteiger partial charge in [0.05, 0.1) is 22.7 Å². The first-order chi connectivity index (χ1) is 33.4. The van der Waals surface area contributed by atoms with Gasteiger partial charge < -0.3 is 20.4 Å². The second-order valence-electron chi connectivity index (χ2n) is 28.6. The molecular weight excluding hydrogens is 1040 g/mol. The van der Waals surface area contributed by atoms with E-state index >= 15 is 0 Å². The van der Waals surface area contributed by atoms with E-state index in [-0.39, 0.29) is 83.6 Å². The molecule has 5 rings (SSSR count). The second-order valence-corrected chi connectivity index (χ2v) is 28.6. The van der Waals surface area contributed by atoms with Gasteiger partial charge in [-0.1, -0.05) is 238 Å². The molecule has 0 radical (unpaired) electrons. The molecule has 0 N–H and O–H groups in total. The van der Waals surface area contributed by atoms with Crippen LogP contribution in [0.4, 0.5) is 22.7 Å². The zero-order chi connectivity index (χ0) is 56.3. The molecule has 0 aliphatic carbocycles. The Morgan fingerprint density at radius 1 is 0.250 bits per heavy atom. The van der Waals surface area contributed by atoms with Gasteiger partial charge in [0.15, 0.2) is 0 Å². The average Bonchev–Trinajstić information content (AvgIpc) is 3.21. The van der Waals surface area contributed by atoms with Gasteiger partial charge >= 0.3 is 39.0 Å². The fourth-order valence-electron chi connectivity index (χ4n) is 8.47. The zero-order valence-corrected chi connectivity index (χ0v) is 56.9. The van der Waals surface area contributed by atoms with E-state index in [1.54, 1.807) is 37.0 Å². The molecule has 0 bridgehead atoms. The molecule has 0 heterocycles. The Morgan fingerprint density at radius 3 is 0.539 bits per heavy atom. The molecule has 0 atom stereocenters. The van der Waals surface area contributed by atoms with E-state index in [1.165, 1.54) is 0 Å². The van der Waals surface area contributed by atoms with Crippen LogP contribution in [-0.2, 0) is 82.3 Å². The monoisotopic (exact) mass is 1130 g/mol. The summed E-state index contributed by atoms with van der Waals surface area (Å²) >= 11 is 0. The minimum Gasteiger partial charge on any atom is -0.872 e. The normalized spacial score (nSPS) is 13.6. The van der Waals surface area contributed by atoms with Crippen molar-refractivity contribution in [2.75, 3.05) is 0 Å². The number of rotatable bonds is 8. The summed E-state index contributed by atoms with van der Waals surface area (Å²) in [6, 6.07) is 19.1. The van der Waals surface area contributed by atoms with Gasteiger partial charge in [-0.25, -0.2) is 0 Å². The van der Waals surface area contributed by atoms with Gasteiger partial charge in [-0.3, -0.25) is 20.0 Å². The largest absolute Gasteiger partial charge is 2.00 e. The molecule has 0 saturated carbocycles. The predicted octanol–water partition coefficient (Wildman–Crippen LogP) is 15.4. The van der Waals surface area contributed by atoms with Gasteiger partial charge in [-0.05, 0) is 122 Å². The van der Waals surface area contributed by atoms with E-state index in [0.717, 1.165) is 22.3 Å². The first kappa shape index (κ1) is 65.5. The van der Waals surface area contributed by atoms with Crippen LogP contribution >= 0.6 is 0 Å². The van der Waals surface area contributed by atoms with Crippen molar-refractivity contribution in [3.63, 3.8) is 0 Å². The Labute approximate surface area is 483 Å². The molecular formula is C66H86N4O4Zn2. The van der Waals surface area contributed by atoms with E-state index in [2.05, 4.69) is 83.1 Å². The summed E-state index contributed by atoms with van der Waals surface area (Å²) < 4.78 is 0. The smallest absolute Gasteiger partial charge is 0.872 e. The Balaban J connectivity index is 0.00000760.